The summed E-state index contributed by atoms with van der Waals surface area (Å²) in [6, 6.07) is 5.28. The maximum absolute atomic E-state index is 5.18. The fourth-order valence-electron chi connectivity index (χ4n) is 2.73. The second-order valence-electron chi connectivity index (χ2n) is 5.60. The topological polar surface area (TPSA) is 37.4 Å². The monoisotopic (exact) mass is 263 g/mol. The summed E-state index contributed by atoms with van der Waals surface area (Å²) in [5.74, 6) is 0.700. The van der Waals surface area contributed by atoms with Crippen LogP contribution in [0.4, 0.5) is 0 Å². The van der Waals surface area contributed by atoms with Crippen LogP contribution in [0.25, 0.3) is 0 Å². The lowest BCUT2D eigenvalue weighted by Crippen LogP contribution is -2.47. The van der Waals surface area contributed by atoms with Crippen LogP contribution >= 0.6 is 0 Å². The molecule has 2 rings (SSSR count). The van der Waals surface area contributed by atoms with Gasteiger partial charge in [-0.3, -0.25) is 4.90 Å². The van der Waals surface area contributed by atoms with E-state index in [1.165, 1.54) is 24.9 Å². The van der Waals surface area contributed by atoms with Crippen LogP contribution in [0.1, 0.15) is 32.3 Å². The van der Waals surface area contributed by atoms with Gasteiger partial charge >= 0.3 is 0 Å². The van der Waals surface area contributed by atoms with Crippen molar-refractivity contribution >= 4 is 0 Å². The molecular formula is C15H25N3O. The Kier molecular flexibility index (Phi) is 5.16. The third-order valence-corrected chi connectivity index (χ3v) is 3.49. The van der Waals surface area contributed by atoms with Crippen molar-refractivity contribution in [3.63, 3.8) is 0 Å². The molecule has 1 aromatic rings. The van der Waals surface area contributed by atoms with Crippen LogP contribution in [0, 0.1) is 0 Å². The molecule has 1 saturated heterocycles. The number of likely N-dealkylation sites (tertiary alicyclic amines) is 1. The molecule has 1 unspecified atom stereocenters. The molecule has 2 heterocycles. The number of piperidine rings is 1. The summed E-state index contributed by atoms with van der Waals surface area (Å²) in [6.45, 7) is 7.72. The van der Waals surface area contributed by atoms with E-state index in [0.29, 0.717) is 18.0 Å². The fourth-order valence-corrected chi connectivity index (χ4v) is 2.73. The largest absolute Gasteiger partial charge is 0.481 e. The number of nitrogens with one attached hydrogen (secondary N) is 1. The van der Waals surface area contributed by atoms with E-state index in [0.717, 1.165) is 13.1 Å². The number of methoxy groups -OCH3 is 1. The van der Waals surface area contributed by atoms with Gasteiger partial charge in [0.15, 0.2) is 0 Å². The fraction of sp³-hybridized carbons (Fsp3) is 0.667. The summed E-state index contributed by atoms with van der Waals surface area (Å²) in [5, 5.41) is 3.64. The third kappa shape index (κ3) is 4.48. The van der Waals surface area contributed by atoms with Crippen LogP contribution < -0.4 is 10.1 Å². The molecule has 0 bridgehead atoms. The molecule has 0 saturated carbocycles. The first-order chi connectivity index (χ1) is 9.17. The molecule has 0 aromatic carbocycles. The van der Waals surface area contributed by atoms with Gasteiger partial charge in [-0.25, -0.2) is 4.98 Å². The number of nitrogens with zero attached hydrogens (tertiary/aromatic N) is 2. The smallest absolute Gasteiger partial charge is 0.213 e. The quantitative estimate of drug-likeness (QED) is 0.882. The first-order valence-electron chi connectivity index (χ1n) is 7.14. The number of rotatable bonds is 5. The molecule has 4 heteroatoms. The van der Waals surface area contributed by atoms with E-state index in [2.05, 4.69) is 35.1 Å². The van der Waals surface area contributed by atoms with Gasteiger partial charge in [0.2, 0.25) is 5.88 Å². The van der Waals surface area contributed by atoms with Gasteiger partial charge in [0.1, 0.15) is 0 Å². The van der Waals surface area contributed by atoms with Crippen molar-refractivity contribution in [1.82, 2.24) is 15.2 Å². The molecule has 1 aliphatic rings. The number of aromatic nitrogens is 1. The molecule has 4 nitrogen and oxygen atoms in total. The van der Waals surface area contributed by atoms with E-state index >= 15 is 0 Å². The van der Waals surface area contributed by atoms with Crippen molar-refractivity contribution in [1.29, 1.82) is 0 Å². The van der Waals surface area contributed by atoms with E-state index in [1.54, 1.807) is 7.11 Å². The van der Waals surface area contributed by atoms with Crippen molar-refractivity contribution < 1.29 is 4.74 Å². The van der Waals surface area contributed by atoms with Gasteiger partial charge in [-0.05, 0) is 31.0 Å². The minimum Gasteiger partial charge on any atom is -0.481 e. The molecule has 1 N–H and O–H groups in total. The Morgan fingerprint density at radius 2 is 2.37 bits per heavy atom. The van der Waals surface area contributed by atoms with Gasteiger partial charge in [0.05, 0.1) is 7.11 Å². The summed E-state index contributed by atoms with van der Waals surface area (Å²) in [5.41, 5.74) is 1.28. The summed E-state index contributed by atoms with van der Waals surface area (Å²) in [7, 11) is 1.66. The second-order valence-corrected chi connectivity index (χ2v) is 5.60. The summed E-state index contributed by atoms with van der Waals surface area (Å²) < 4.78 is 5.18. The van der Waals surface area contributed by atoms with Gasteiger partial charge in [0, 0.05) is 37.4 Å². The zero-order valence-corrected chi connectivity index (χ0v) is 12.2. The summed E-state index contributed by atoms with van der Waals surface area (Å²) >= 11 is 0. The zero-order chi connectivity index (χ0) is 13.7. The average Bonchev–Trinajstić information content (AvgIpc) is 2.38. The number of ether oxygens (including phenoxy) is 1. The first kappa shape index (κ1) is 14.3. The van der Waals surface area contributed by atoms with Crippen molar-refractivity contribution in [2.24, 2.45) is 0 Å². The van der Waals surface area contributed by atoms with E-state index in [1.807, 2.05) is 12.3 Å². The van der Waals surface area contributed by atoms with Crippen LogP contribution in [0.15, 0.2) is 18.3 Å². The molecule has 0 radical (unpaired) electrons. The van der Waals surface area contributed by atoms with E-state index in [-0.39, 0.29) is 0 Å². The molecule has 0 spiro atoms. The molecular weight excluding hydrogens is 238 g/mol. The van der Waals surface area contributed by atoms with Crippen LogP contribution in [0.2, 0.25) is 0 Å². The highest BCUT2D eigenvalue weighted by Gasteiger charge is 2.20. The standard InChI is InChI=1S/C15H25N3O/c1-12(2)17-14-5-4-8-18(11-14)10-13-6-7-16-15(9-13)19-3/h6-7,9,12,14,17H,4-5,8,10-11H2,1-3H3. The Morgan fingerprint density at radius 3 is 3.11 bits per heavy atom. The van der Waals surface area contributed by atoms with Gasteiger partial charge in [-0.1, -0.05) is 13.8 Å². The Bertz CT molecular complexity index is 395. The highest BCUT2D eigenvalue weighted by atomic mass is 16.5. The van der Waals surface area contributed by atoms with Crippen molar-refractivity contribution in [3.8, 4) is 5.88 Å². The van der Waals surface area contributed by atoms with Gasteiger partial charge < -0.3 is 10.1 Å². The Balaban J connectivity index is 1.90. The number of pyridine rings is 1. The lowest BCUT2D eigenvalue weighted by Gasteiger charge is -2.34. The highest BCUT2D eigenvalue weighted by Crippen LogP contribution is 2.16. The Labute approximate surface area is 116 Å². The van der Waals surface area contributed by atoms with Gasteiger partial charge in [0.25, 0.3) is 0 Å². The average molecular weight is 263 g/mol. The molecule has 1 atom stereocenters. The number of hydrogen-bond donors (Lipinski definition) is 1. The third-order valence-electron chi connectivity index (χ3n) is 3.49. The maximum Gasteiger partial charge on any atom is 0.213 e. The maximum atomic E-state index is 5.18. The Morgan fingerprint density at radius 1 is 1.53 bits per heavy atom. The van der Waals surface area contributed by atoms with Crippen LogP contribution in [-0.2, 0) is 6.54 Å². The predicted octanol–water partition coefficient (Wildman–Crippen LogP) is 2.05. The molecule has 0 amide bonds. The highest BCUT2D eigenvalue weighted by molar-refractivity contribution is 5.20. The summed E-state index contributed by atoms with van der Waals surface area (Å²) in [4.78, 5) is 6.66. The molecule has 1 fully saturated rings. The first-order valence-corrected chi connectivity index (χ1v) is 7.14. The van der Waals surface area contributed by atoms with E-state index in [4.69, 9.17) is 4.74 Å². The van der Waals surface area contributed by atoms with Gasteiger partial charge in [-0.15, -0.1) is 0 Å². The van der Waals surface area contributed by atoms with E-state index in [9.17, 15) is 0 Å². The van der Waals surface area contributed by atoms with Crippen LogP contribution in [0.3, 0.4) is 0 Å². The summed E-state index contributed by atoms with van der Waals surface area (Å²) in [6.07, 6.45) is 4.38. The minimum absolute atomic E-state index is 0.561. The molecule has 1 aromatic heterocycles. The molecule has 0 aliphatic carbocycles. The van der Waals surface area contributed by atoms with Crippen LogP contribution in [0.5, 0.6) is 5.88 Å². The van der Waals surface area contributed by atoms with Crippen LogP contribution in [-0.4, -0.2) is 42.2 Å². The zero-order valence-electron chi connectivity index (χ0n) is 12.2. The molecule has 19 heavy (non-hydrogen) atoms. The van der Waals surface area contributed by atoms with Crippen molar-refractivity contribution in [2.45, 2.75) is 45.3 Å². The SMILES string of the molecule is COc1cc(CN2CCCC(NC(C)C)C2)ccn1. The van der Waals surface area contributed by atoms with E-state index < -0.39 is 0 Å². The Hall–Kier alpha value is -1.13. The normalized spacial score (nSPS) is 20.7. The lowest BCUT2D eigenvalue weighted by atomic mass is 10.0. The molecule has 106 valence electrons. The van der Waals surface area contributed by atoms with Crippen molar-refractivity contribution in [2.75, 3.05) is 20.2 Å². The number of hydrogen-bond acceptors (Lipinski definition) is 4. The van der Waals surface area contributed by atoms with Gasteiger partial charge in [-0.2, -0.15) is 0 Å². The minimum atomic E-state index is 0.561. The molecule has 1 aliphatic heterocycles. The lowest BCUT2D eigenvalue weighted by molar-refractivity contribution is 0.178. The predicted molar refractivity (Wildman–Crippen MR) is 77.4 cm³/mol. The van der Waals surface area contributed by atoms with Crippen molar-refractivity contribution in [3.05, 3.63) is 23.9 Å². The second kappa shape index (κ2) is 6.87.